The SMILES string of the molecule is CCNCc1cc(OC)c(OC)cc1-c1ccc(C)cc1. The van der Waals surface area contributed by atoms with E-state index in [1.807, 2.05) is 0 Å². The fourth-order valence-electron chi connectivity index (χ4n) is 2.33. The van der Waals surface area contributed by atoms with Gasteiger partial charge in [0.15, 0.2) is 11.5 Å². The maximum absolute atomic E-state index is 5.44. The van der Waals surface area contributed by atoms with Crippen LogP contribution in [0.1, 0.15) is 18.1 Å². The van der Waals surface area contributed by atoms with Gasteiger partial charge in [-0.25, -0.2) is 0 Å². The van der Waals surface area contributed by atoms with Crippen LogP contribution in [0.3, 0.4) is 0 Å². The van der Waals surface area contributed by atoms with Gasteiger partial charge in [0.1, 0.15) is 0 Å². The zero-order chi connectivity index (χ0) is 15.2. The molecule has 0 aliphatic rings. The van der Waals surface area contributed by atoms with E-state index in [0.29, 0.717) is 0 Å². The minimum Gasteiger partial charge on any atom is -0.493 e. The number of benzene rings is 2. The summed E-state index contributed by atoms with van der Waals surface area (Å²) in [6.45, 7) is 5.94. The van der Waals surface area contributed by atoms with Crippen LogP contribution in [0.15, 0.2) is 36.4 Å². The van der Waals surface area contributed by atoms with E-state index in [2.05, 4.69) is 55.6 Å². The lowest BCUT2D eigenvalue weighted by molar-refractivity contribution is 0.354. The van der Waals surface area contributed by atoms with E-state index < -0.39 is 0 Å². The highest BCUT2D eigenvalue weighted by atomic mass is 16.5. The Bertz CT molecular complexity index is 591. The summed E-state index contributed by atoms with van der Waals surface area (Å²) in [7, 11) is 3.33. The molecular weight excluding hydrogens is 262 g/mol. The Morgan fingerprint density at radius 2 is 1.57 bits per heavy atom. The van der Waals surface area contributed by atoms with Gasteiger partial charge in [-0.3, -0.25) is 0 Å². The fourth-order valence-corrected chi connectivity index (χ4v) is 2.33. The summed E-state index contributed by atoms with van der Waals surface area (Å²) in [4.78, 5) is 0. The van der Waals surface area contributed by atoms with Gasteiger partial charge in [0.05, 0.1) is 14.2 Å². The molecule has 1 N–H and O–H groups in total. The molecule has 0 spiro atoms. The highest BCUT2D eigenvalue weighted by Crippen LogP contribution is 2.35. The third-order valence-corrected chi connectivity index (χ3v) is 3.54. The van der Waals surface area contributed by atoms with Gasteiger partial charge < -0.3 is 14.8 Å². The third kappa shape index (κ3) is 3.56. The molecular formula is C18H23NO2. The largest absolute Gasteiger partial charge is 0.493 e. The Balaban J connectivity index is 2.52. The van der Waals surface area contributed by atoms with Crippen molar-refractivity contribution in [1.29, 1.82) is 0 Å². The van der Waals surface area contributed by atoms with Crippen molar-refractivity contribution in [3.8, 4) is 22.6 Å². The molecule has 2 aromatic rings. The van der Waals surface area contributed by atoms with Gasteiger partial charge in [-0.1, -0.05) is 36.8 Å². The molecule has 0 aromatic heterocycles. The summed E-state index contributed by atoms with van der Waals surface area (Å²) in [5.74, 6) is 1.52. The molecule has 0 unspecified atom stereocenters. The van der Waals surface area contributed by atoms with E-state index in [-0.39, 0.29) is 0 Å². The predicted octanol–water partition coefficient (Wildman–Crippen LogP) is 3.79. The van der Waals surface area contributed by atoms with Crippen LogP contribution in [0, 0.1) is 6.92 Å². The van der Waals surface area contributed by atoms with Crippen molar-refractivity contribution in [2.75, 3.05) is 20.8 Å². The van der Waals surface area contributed by atoms with Crippen LogP contribution in [-0.2, 0) is 6.54 Å². The van der Waals surface area contributed by atoms with E-state index in [9.17, 15) is 0 Å². The molecule has 0 atom stereocenters. The second-order valence-electron chi connectivity index (χ2n) is 5.01. The third-order valence-electron chi connectivity index (χ3n) is 3.54. The van der Waals surface area contributed by atoms with Gasteiger partial charge in [0, 0.05) is 6.54 Å². The Hall–Kier alpha value is -2.00. The van der Waals surface area contributed by atoms with Crippen molar-refractivity contribution >= 4 is 0 Å². The molecule has 0 bridgehead atoms. The number of rotatable bonds is 6. The Morgan fingerprint density at radius 3 is 2.14 bits per heavy atom. The molecule has 3 heteroatoms. The molecule has 21 heavy (non-hydrogen) atoms. The quantitative estimate of drug-likeness (QED) is 0.876. The molecule has 112 valence electrons. The molecule has 0 radical (unpaired) electrons. The summed E-state index contributed by atoms with van der Waals surface area (Å²) in [6, 6.07) is 12.6. The van der Waals surface area contributed by atoms with Gasteiger partial charge in [-0.15, -0.1) is 0 Å². The molecule has 0 saturated heterocycles. The van der Waals surface area contributed by atoms with E-state index >= 15 is 0 Å². The van der Waals surface area contributed by atoms with Crippen molar-refractivity contribution in [3.63, 3.8) is 0 Å². The number of ether oxygens (including phenoxy) is 2. The van der Waals surface area contributed by atoms with Crippen LogP contribution in [0.25, 0.3) is 11.1 Å². The molecule has 3 nitrogen and oxygen atoms in total. The highest BCUT2D eigenvalue weighted by molar-refractivity contribution is 5.71. The van der Waals surface area contributed by atoms with Crippen molar-refractivity contribution in [2.24, 2.45) is 0 Å². The summed E-state index contributed by atoms with van der Waals surface area (Å²) in [5.41, 5.74) is 4.83. The average molecular weight is 285 g/mol. The van der Waals surface area contributed by atoms with Crippen LogP contribution < -0.4 is 14.8 Å². The highest BCUT2D eigenvalue weighted by Gasteiger charge is 2.12. The molecule has 2 rings (SSSR count). The summed E-state index contributed by atoms with van der Waals surface area (Å²) < 4.78 is 10.9. The topological polar surface area (TPSA) is 30.5 Å². The Labute approximate surface area is 126 Å². The minimum atomic E-state index is 0.758. The van der Waals surface area contributed by atoms with E-state index in [1.165, 1.54) is 22.3 Å². The van der Waals surface area contributed by atoms with E-state index in [0.717, 1.165) is 24.6 Å². The Morgan fingerprint density at radius 1 is 0.952 bits per heavy atom. The zero-order valence-electron chi connectivity index (χ0n) is 13.2. The van der Waals surface area contributed by atoms with Gasteiger partial charge >= 0.3 is 0 Å². The first-order chi connectivity index (χ1) is 10.2. The molecule has 0 heterocycles. The van der Waals surface area contributed by atoms with Crippen LogP contribution in [0.4, 0.5) is 0 Å². The first kappa shape index (κ1) is 15.4. The lowest BCUT2D eigenvalue weighted by Gasteiger charge is -2.15. The normalized spacial score (nSPS) is 10.5. The second kappa shape index (κ2) is 7.14. The number of nitrogens with one attached hydrogen (secondary N) is 1. The van der Waals surface area contributed by atoms with Gasteiger partial charge in [0.25, 0.3) is 0 Å². The first-order valence-corrected chi connectivity index (χ1v) is 7.22. The molecule has 0 aliphatic carbocycles. The maximum atomic E-state index is 5.44. The lowest BCUT2D eigenvalue weighted by atomic mass is 9.98. The standard InChI is InChI=1S/C18H23NO2/c1-5-19-12-15-10-17(20-3)18(21-4)11-16(15)14-8-6-13(2)7-9-14/h6-11,19H,5,12H2,1-4H3. The average Bonchev–Trinajstić information content (AvgIpc) is 2.52. The first-order valence-electron chi connectivity index (χ1n) is 7.22. The lowest BCUT2D eigenvalue weighted by Crippen LogP contribution is -2.12. The summed E-state index contributed by atoms with van der Waals surface area (Å²) in [6.07, 6.45) is 0. The number of aryl methyl sites for hydroxylation is 1. The van der Waals surface area contributed by atoms with Crippen molar-refractivity contribution < 1.29 is 9.47 Å². The summed E-state index contributed by atoms with van der Waals surface area (Å²) >= 11 is 0. The predicted molar refractivity (Wildman–Crippen MR) is 87.1 cm³/mol. The number of hydrogen-bond acceptors (Lipinski definition) is 3. The minimum absolute atomic E-state index is 0.758. The van der Waals surface area contributed by atoms with Crippen molar-refractivity contribution in [2.45, 2.75) is 20.4 Å². The van der Waals surface area contributed by atoms with E-state index in [4.69, 9.17) is 9.47 Å². The molecule has 0 fully saturated rings. The van der Waals surface area contributed by atoms with Gasteiger partial charge in [-0.05, 0) is 42.3 Å². The molecule has 0 aliphatic heterocycles. The van der Waals surface area contributed by atoms with E-state index in [1.54, 1.807) is 14.2 Å². The van der Waals surface area contributed by atoms with Crippen LogP contribution in [0.5, 0.6) is 11.5 Å². The van der Waals surface area contributed by atoms with Crippen molar-refractivity contribution in [1.82, 2.24) is 5.32 Å². The molecule has 0 amide bonds. The number of methoxy groups -OCH3 is 2. The molecule has 2 aromatic carbocycles. The maximum Gasteiger partial charge on any atom is 0.161 e. The molecule has 0 saturated carbocycles. The fraction of sp³-hybridized carbons (Fsp3) is 0.333. The van der Waals surface area contributed by atoms with Crippen LogP contribution in [0.2, 0.25) is 0 Å². The second-order valence-corrected chi connectivity index (χ2v) is 5.01. The number of hydrogen-bond donors (Lipinski definition) is 1. The van der Waals surface area contributed by atoms with Crippen LogP contribution in [-0.4, -0.2) is 20.8 Å². The monoisotopic (exact) mass is 285 g/mol. The Kier molecular flexibility index (Phi) is 5.23. The van der Waals surface area contributed by atoms with Crippen LogP contribution >= 0.6 is 0 Å². The summed E-state index contributed by atoms with van der Waals surface area (Å²) in [5, 5.41) is 3.38. The smallest absolute Gasteiger partial charge is 0.161 e. The van der Waals surface area contributed by atoms with Crippen molar-refractivity contribution in [3.05, 3.63) is 47.5 Å². The zero-order valence-corrected chi connectivity index (χ0v) is 13.2. The van der Waals surface area contributed by atoms with Gasteiger partial charge in [-0.2, -0.15) is 0 Å². The van der Waals surface area contributed by atoms with Gasteiger partial charge in [0.2, 0.25) is 0 Å².